The van der Waals surface area contributed by atoms with Crippen molar-refractivity contribution in [1.29, 1.82) is 0 Å². The van der Waals surface area contributed by atoms with E-state index in [0.29, 0.717) is 0 Å². The Morgan fingerprint density at radius 1 is 0.580 bits per heavy atom. The second-order valence-electron chi connectivity index (χ2n) is 18.3. The van der Waals surface area contributed by atoms with E-state index in [0.717, 1.165) is 12.8 Å². The molecule has 0 aromatic heterocycles. The first-order valence-electron chi connectivity index (χ1n) is 18.3. The maximum atomic E-state index is 3.90. The Morgan fingerprint density at radius 2 is 1.04 bits per heavy atom. The molecular formula is C49H60Zr. The summed E-state index contributed by atoms with van der Waals surface area (Å²) in [5, 5.41) is 0. The van der Waals surface area contributed by atoms with Gasteiger partial charge in [0, 0.05) is 0 Å². The summed E-state index contributed by atoms with van der Waals surface area (Å²) in [7, 11) is 0. The van der Waals surface area contributed by atoms with Crippen molar-refractivity contribution in [2.24, 2.45) is 0 Å². The predicted octanol–water partition coefficient (Wildman–Crippen LogP) is 13.0. The van der Waals surface area contributed by atoms with Gasteiger partial charge in [-0.05, 0) is 39.4 Å². The third-order valence-electron chi connectivity index (χ3n) is 9.50. The van der Waals surface area contributed by atoms with Crippen molar-refractivity contribution in [1.82, 2.24) is 0 Å². The average molecular weight is 740 g/mol. The first-order chi connectivity index (χ1) is 23.1. The van der Waals surface area contributed by atoms with Gasteiger partial charge < -0.3 is 0 Å². The van der Waals surface area contributed by atoms with Crippen LogP contribution in [0.2, 0.25) is 0 Å². The van der Waals surface area contributed by atoms with Crippen molar-refractivity contribution >= 4 is 3.21 Å². The van der Waals surface area contributed by atoms with Crippen molar-refractivity contribution in [2.75, 3.05) is 0 Å². The van der Waals surface area contributed by atoms with Gasteiger partial charge in [0.15, 0.2) is 0 Å². The Morgan fingerprint density at radius 3 is 1.42 bits per heavy atom. The molecule has 0 aliphatic heterocycles. The van der Waals surface area contributed by atoms with Gasteiger partial charge in [0.1, 0.15) is 0 Å². The van der Waals surface area contributed by atoms with Crippen LogP contribution in [0.3, 0.4) is 0 Å². The molecule has 0 radical (unpaired) electrons. The number of allylic oxidation sites excluding steroid dienone is 4. The molecule has 0 N–H and O–H groups in total. The van der Waals surface area contributed by atoms with E-state index in [2.05, 4.69) is 182 Å². The quantitative estimate of drug-likeness (QED) is 0.158. The first kappa shape index (κ1) is 39.9. The average Bonchev–Trinajstić information content (AvgIpc) is 3.71. The standard InChI is InChI=1S/C29H41.C15H14.C5H5.Zr/c1-26(2,3)22-14-18-13-19-15-23(27(4,5)6)25(29(10,11)12)17-21(19)20(18)16-24(22)28(7,8)9;1-12-3-7-14(8-4-12)11-15-9-5-13(2)6-10-15;1-2-4-5-3-1;/h14,16-17H,13H2,1-12H3;3-10H,1-2H3;1-3H,4H2;/q-1;;-1;+2. The van der Waals surface area contributed by atoms with Crippen LogP contribution in [0.5, 0.6) is 0 Å². The molecule has 2 aliphatic rings. The van der Waals surface area contributed by atoms with Gasteiger partial charge in [0.25, 0.3) is 0 Å². The third-order valence-corrected chi connectivity index (χ3v) is 10.9. The summed E-state index contributed by atoms with van der Waals surface area (Å²) in [5.41, 5.74) is 17.3. The zero-order chi connectivity index (χ0) is 37.2. The fourth-order valence-corrected chi connectivity index (χ4v) is 7.39. The van der Waals surface area contributed by atoms with E-state index in [1.54, 1.807) is 0 Å². The molecule has 0 saturated heterocycles. The Bertz CT molecular complexity index is 1730. The molecule has 0 fully saturated rings. The molecule has 1 heteroatoms. The van der Waals surface area contributed by atoms with Gasteiger partial charge in [0.2, 0.25) is 0 Å². The number of rotatable bonds is 2. The van der Waals surface area contributed by atoms with Crippen molar-refractivity contribution in [3.8, 4) is 11.1 Å². The maximum absolute atomic E-state index is 3.90. The van der Waals surface area contributed by atoms with Gasteiger partial charge in [-0.15, -0.1) is 23.1 Å². The predicted molar refractivity (Wildman–Crippen MR) is 215 cm³/mol. The van der Waals surface area contributed by atoms with Gasteiger partial charge in [-0.25, -0.2) is 12.2 Å². The molecule has 50 heavy (non-hydrogen) atoms. The minimum absolute atomic E-state index is 0.0968. The van der Waals surface area contributed by atoms with Gasteiger partial charge >= 0.3 is 112 Å². The van der Waals surface area contributed by atoms with E-state index < -0.39 is 0 Å². The summed E-state index contributed by atoms with van der Waals surface area (Å²) in [4.78, 5) is 0. The van der Waals surface area contributed by atoms with Gasteiger partial charge in [-0.2, -0.15) is 23.8 Å². The van der Waals surface area contributed by atoms with E-state index >= 15 is 0 Å². The molecule has 2 aliphatic carbocycles. The molecule has 0 amide bonds. The normalized spacial score (nSPS) is 13.6. The van der Waals surface area contributed by atoms with E-state index in [1.807, 2.05) is 12.2 Å². The molecule has 6 rings (SSSR count). The summed E-state index contributed by atoms with van der Waals surface area (Å²) in [6.07, 6.45) is 11.0. The zero-order valence-corrected chi connectivity index (χ0v) is 36.0. The molecule has 0 atom stereocenters. The summed E-state index contributed by atoms with van der Waals surface area (Å²) < 4.78 is 1.42. The SMILES string of the molecule is CC(C)(C)c1[c-]c2c(cc1C(C)(C)C)-c1cc(C(C)(C)C)c(C(C)(C)C)cc1C2.Cc1ccc([C](=[Zr+2])c2ccc(C)cc2)cc1.[C-]1=CC=CC1. The minimum Gasteiger partial charge on any atom is -0.273 e. The Balaban J connectivity index is 0.000000221. The summed E-state index contributed by atoms with van der Waals surface area (Å²) >= 11 is 1.46. The van der Waals surface area contributed by atoms with E-state index in [-0.39, 0.29) is 21.7 Å². The van der Waals surface area contributed by atoms with Crippen molar-refractivity contribution < 1.29 is 24.2 Å². The monoisotopic (exact) mass is 738 g/mol. The summed E-state index contributed by atoms with van der Waals surface area (Å²) in [6, 6.07) is 28.9. The molecule has 4 aromatic carbocycles. The van der Waals surface area contributed by atoms with Crippen LogP contribution in [0, 0.1) is 26.0 Å². The first-order valence-corrected chi connectivity index (χ1v) is 19.5. The van der Waals surface area contributed by atoms with Crippen LogP contribution in [-0.4, -0.2) is 3.21 Å². The van der Waals surface area contributed by atoms with E-state index in [4.69, 9.17) is 0 Å². The van der Waals surface area contributed by atoms with Crippen LogP contribution in [0.4, 0.5) is 0 Å². The van der Waals surface area contributed by atoms with Gasteiger partial charge in [0.05, 0.1) is 0 Å². The number of hydrogen-bond acceptors (Lipinski definition) is 0. The number of benzene rings is 4. The molecule has 0 saturated carbocycles. The van der Waals surface area contributed by atoms with Gasteiger partial charge in [-0.3, -0.25) is 6.08 Å². The Hall–Kier alpha value is -2.89. The molecule has 0 bridgehead atoms. The Kier molecular flexibility index (Phi) is 12.3. The summed E-state index contributed by atoms with van der Waals surface area (Å²) in [6.45, 7) is 32.2. The van der Waals surface area contributed by atoms with Crippen LogP contribution in [0.1, 0.15) is 145 Å². The van der Waals surface area contributed by atoms with Crippen LogP contribution >= 0.6 is 0 Å². The van der Waals surface area contributed by atoms with Gasteiger partial charge in [-0.1, -0.05) is 106 Å². The fraction of sp³-hybridized carbons (Fsp3) is 0.408. The number of fused-ring (bicyclic) bond motifs is 3. The van der Waals surface area contributed by atoms with Crippen LogP contribution in [-0.2, 0) is 52.3 Å². The van der Waals surface area contributed by atoms with Crippen LogP contribution < -0.4 is 0 Å². The van der Waals surface area contributed by atoms with Crippen LogP contribution in [0.15, 0.2) is 85.0 Å². The minimum atomic E-state index is 0.0968. The molecule has 0 nitrogen and oxygen atoms in total. The van der Waals surface area contributed by atoms with Crippen molar-refractivity contribution in [3.63, 3.8) is 0 Å². The molecular weight excluding hydrogens is 680 g/mol. The molecule has 0 heterocycles. The number of aryl methyl sites for hydroxylation is 2. The zero-order valence-electron chi connectivity index (χ0n) is 33.5. The topological polar surface area (TPSA) is 0 Å². The summed E-state index contributed by atoms with van der Waals surface area (Å²) in [5.74, 6) is 0. The van der Waals surface area contributed by atoms with E-state index in [1.165, 1.54) is 94.2 Å². The van der Waals surface area contributed by atoms with E-state index in [9.17, 15) is 0 Å². The maximum Gasteiger partial charge on any atom is -0.109 e. The molecule has 4 aromatic rings. The van der Waals surface area contributed by atoms with Crippen molar-refractivity contribution in [2.45, 2.75) is 131 Å². The number of hydrogen-bond donors (Lipinski definition) is 0. The van der Waals surface area contributed by atoms with Crippen molar-refractivity contribution in [3.05, 3.63) is 153 Å². The van der Waals surface area contributed by atoms with Crippen LogP contribution in [0.25, 0.3) is 11.1 Å². The molecule has 0 unspecified atom stereocenters. The molecule has 0 spiro atoms. The third kappa shape index (κ3) is 9.91. The largest absolute Gasteiger partial charge is 0.273 e. The smallest absolute Gasteiger partial charge is 0.109 e. The second-order valence-corrected chi connectivity index (χ2v) is 19.5. The Labute approximate surface area is 320 Å². The fourth-order valence-electron chi connectivity index (χ4n) is 6.57. The second kappa shape index (κ2) is 15.4. The molecule has 260 valence electrons.